The molecule has 1 atom stereocenters. The smallest absolute Gasteiger partial charge is 0.0571 e. The van der Waals surface area contributed by atoms with E-state index in [-0.39, 0.29) is 0 Å². The summed E-state index contributed by atoms with van der Waals surface area (Å²) in [6, 6.07) is 4.76. The second kappa shape index (κ2) is 5.69. The predicted octanol–water partition coefficient (Wildman–Crippen LogP) is 4.59. The van der Waals surface area contributed by atoms with Crippen LogP contribution in [-0.2, 0) is 0 Å². The van der Waals surface area contributed by atoms with Crippen LogP contribution in [0.4, 0.5) is 5.69 Å². The fourth-order valence-electron chi connectivity index (χ4n) is 1.85. The predicted molar refractivity (Wildman–Crippen MR) is 74.8 cm³/mol. The molecule has 0 fully saturated rings. The monoisotopic (exact) mass is 284 g/mol. The molecule has 0 radical (unpaired) electrons. The minimum absolute atomic E-state index is 0.389. The van der Waals surface area contributed by atoms with Crippen LogP contribution < -0.4 is 10.9 Å². The van der Waals surface area contributed by atoms with E-state index >= 15 is 0 Å². The largest absolute Gasteiger partial charge is 0.320 e. The van der Waals surface area contributed by atoms with Crippen molar-refractivity contribution in [2.75, 3.05) is 5.43 Å². The first kappa shape index (κ1) is 13.5. The zero-order chi connectivity index (χ0) is 12.3. The molecule has 0 saturated heterocycles. The Bertz CT molecular complexity index is 361. The minimum Gasteiger partial charge on any atom is -0.320 e. The highest BCUT2D eigenvalue weighted by Crippen LogP contribution is 2.37. The maximum absolute atomic E-state index is 3.56. The fraction of sp³-hybridized carbons (Fsp3) is 0.538. The summed E-state index contributed by atoms with van der Waals surface area (Å²) in [5.74, 6) is 0.542. The fourth-order valence-corrected chi connectivity index (χ4v) is 2.34. The van der Waals surface area contributed by atoms with Gasteiger partial charge in [-0.2, -0.15) is 0 Å². The molecule has 1 aliphatic rings. The summed E-state index contributed by atoms with van der Waals surface area (Å²) in [5, 5.41) is 0. The van der Waals surface area contributed by atoms with E-state index in [9.17, 15) is 0 Å². The van der Waals surface area contributed by atoms with Gasteiger partial charge in [0.25, 0.3) is 0 Å². The quantitative estimate of drug-likeness (QED) is 0.788. The van der Waals surface area contributed by atoms with Gasteiger partial charge in [-0.25, -0.2) is 5.43 Å². The van der Waals surface area contributed by atoms with Crippen molar-refractivity contribution in [2.45, 2.75) is 46.6 Å². The Labute approximate surface area is 107 Å². The molecule has 0 aromatic heterocycles. The van der Waals surface area contributed by atoms with E-state index in [2.05, 4.69) is 59.7 Å². The number of rotatable bonds is 1. The molecule has 0 saturated carbocycles. The van der Waals surface area contributed by atoms with Gasteiger partial charge in [0.05, 0.1) is 11.7 Å². The summed E-state index contributed by atoms with van der Waals surface area (Å²) in [5.41, 5.74) is 10.5. The molecular weight excluding hydrogens is 264 g/mol. The topological polar surface area (TPSA) is 24.1 Å². The second-order valence-corrected chi connectivity index (χ2v) is 5.02. The lowest BCUT2D eigenvalue weighted by Crippen LogP contribution is -2.16. The van der Waals surface area contributed by atoms with Gasteiger partial charge in [-0.15, -0.1) is 0 Å². The van der Waals surface area contributed by atoms with Crippen LogP contribution in [0.5, 0.6) is 0 Å². The van der Waals surface area contributed by atoms with Crippen molar-refractivity contribution < 1.29 is 0 Å². The van der Waals surface area contributed by atoms with Gasteiger partial charge in [0, 0.05) is 4.47 Å². The molecule has 0 bridgehead atoms. The zero-order valence-corrected chi connectivity index (χ0v) is 12.3. The highest BCUT2D eigenvalue weighted by atomic mass is 79.9. The average molecular weight is 285 g/mol. The molecular formula is C13H21BrN2. The third-order valence-electron chi connectivity index (χ3n) is 2.67. The van der Waals surface area contributed by atoms with Crippen LogP contribution in [0.15, 0.2) is 16.6 Å². The molecule has 1 heterocycles. The highest BCUT2D eigenvalue weighted by Gasteiger charge is 2.22. The number of nitrogens with one attached hydrogen (secondary N) is 2. The molecule has 0 amide bonds. The lowest BCUT2D eigenvalue weighted by Gasteiger charge is -2.12. The van der Waals surface area contributed by atoms with Crippen LogP contribution in [0.3, 0.4) is 0 Å². The summed E-state index contributed by atoms with van der Waals surface area (Å²) in [6.45, 7) is 10.6. The molecule has 1 unspecified atom stereocenters. The van der Waals surface area contributed by atoms with Gasteiger partial charge in [-0.05, 0) is 36.1 Å². The van der Waals surface area contributed by atoms with Crippen molar-refractivity contribution in [3.05, 3.63) is 27.7 Å². The molecule has 0 aliphatic carbocycles. The lowest BCUT2D eigenvalue weighted by molar-refractivity contribution is 0.687. The van der Waals surface area contributed by atoms with E-state index in [1.54, 1.807) is 0 Å². The van der Waals surface area contributed by atoms with Crippen LogP contribution >= 0.6 is 15.9 Å². The number of anilines is 1. The highest BCUT2D eigenvalue weighted by molar-refractivity contribution is 9.10. The average Bonchev–Trinajstić information content (AvgIpc) is 2.62. The molecule has 1 aromatic carbocycles. The van der Waals surface area contributed by atoms with Gasteiger partial charge in [0.1, 0.15) is 0 Å². The van der Waals surface area contributed by atoms with E-state index in [1.165, 1.54) is 16.8 Å². The first-order valence-electron chi connectivity index (χ1n) is 5.94. The molecule has 2 N–H and O–H groups in total. The van der Waals surface area contributed by atoms with Crippen molar-refractivity contribution in [1.29, 1.82) is 0 Å². The molecule has 90 valence electrons. The minimum atomic E-state index is 0.389. The number of fused-ring (bicyclic) bond motifs is 1. The van der Waals surface area contributed by atoms with Crippen LogP contribution in [-0.4, -0.2) is 0 Å². The number of hydrogen-bond acceptors (Lipinski definition) is 2. The van der Waals surface area contributed by atoms with Crippen molar-refractivity contribution in [3.8, 4) is 0 Å². The molecule has 16 heavy (non-hydrogen) atoms. The summed E-state index contributed by atoms with van der Waals surface area (Å²) < 4.78 is 1.16. The third-order valence-corrected chi connectivity index (χ3v) is 3.12. The SMILES string of the molecule is CC.CC(C)c1cc(Br)cc2c1NNC2C. The Kier molecular flexibility index (Phi) is 4.81. The van der Waals surface area contributed by atoms with Crippen LogP contribution in [0.1, 0.15) is 57.7 Å². The van der Waals surface area contributed by atoms with Gasteiger partial charge in [0.15, 0.2) is 0 Å². The van der Waals surface area contributed by atoms with E-state index in [0.717, 1.165) is 4.47 Å². The molecule has 1 aliphatic heterocycles. The van der Waals surface area contributed by atoms with Crippen LogP contribution in [0.2, 0.25) is 0 Å². The van der Waals surface area contributed by atoms with Crippen molar-refractivity contribution >= 4 is 21.6 Å². The maximum Gasteiger partial charge on any atom is 0.0571 e. The van der Waals surface area contributed by atoms with Gasteiger partial charge >= 0.3 is 0 Å². The second-order valence-electron chi connectivity index (χ2n) is 4.10. The number of hydrogen-bond donors (Lipinski definition) is 2. The third kappa shape index (κ3) is 2.58. The first-order valence-corrected chi connectivity index (χ1v) is 6.73. The number of benzene rings is 1. The summed E-state index contributed by atoms with van der Waals surface area (Å²) in [4.78, 5) is 0. The Morgan fingerprint density at radius 1 is 1.25 bits per heavy atom. The maximum atomic E-state index is 3.56. The van der Waals surface area contributed by atoms with Crippen LogP contribution in [0, 0.1) is 0 Å². The van der Waals surface area contributed by atoms with E-state index in [0.29, 0.717) is 12.0 Å². The summed E-state index contributed by atoms with van der Waals surface area (Å²) in [6.07, 6.45) is 0. The summed E-state index contributed by atoms with van der Waals surface area (Å²) in [7, 11) is 0. The Morgan fingerprint density at radius 2 is 1.88 bits per heavy atom. The Morgan fingerprint density at radius 3 is 2.44 bits per heavy atom. The van der Waals surface area contributed by atoms with Gasteiger partial charge in [-0.1, -0.05) is 43.6 Å². The summed E-state index contributed by atoms with van der Waals surface area (Å²) >= 11 is 3.56. The number of hydrazine groups is 1. The zero-order valence-electron chi connectivity index (χ0n) is 10.7. The van der Waals surface area contributed by atoms with Gasteiger partial charge < -0.3 is 5.43 Å². The van der Waals surface area contributed by atoms with Crippen molar-refractivity contribution in [1.82, 2.24) is 5.43 Å². The van der Waals surface area contributed by atoms with E-state index in [4.69, 9.17) is 0 Å². The molecule has 2 rings (SSSR count). The lowest BCUT2D eigenvalue weighted by atomic mass is 9.96. The van der Waals surface area contributed by atoms with E-state index < -0.39 is 0 Å². The van der Waals surface area contributed by atoms with Crippen LogP contribution in [0.25, 0.3) is 0 Å². The van der Waals surface area contributed by atoms with E-state index in [1.807, 2.05) is 13.8 Å². The molecule has 2 nitrogen and oxygen atoms in total. The normalized spacial score (nSPS) is 17.6. The molecule has 0 spiro atoms. The Hall–Kier alpha value is -0.540. The standard InChI is InChI=1S/C11H15BrN2.C2H6/c1-6(2)9-4-8(12)5-10-7(3)13-14-11(9)10;1-2/h4-7,13-14H,1-3H3;1-2H3. The molecule has 3 heteroatoms. The van der Waals surface area contributed by atoms with Crippen molar-refractivity contribution in [3.63, 3.8) is 0 Å². The van der Waals surface area contributed by atoms with Gasteiger partial charge in [-0.3, -0.25) is 0 Å². The Balaban J connectivity index is 0.000000606. The van der Waals surface area contributed by atoms with Gasteiger partial charge in [0.2, 0.25) is 0 Å². The molecule has 1 aromatic rings. The van der Waals surface area contributed by atoms with Crippen molar-refractivity contribution in [2.24, 2.45) is 0 Å². The first-order chi connectivity index (χ1) is 7.59. The number of halogens is 1.